The SMILES string of the molecule is CCCC1(CC(=O)O)OCCn2c1c(C)c1ccccc12. The number of aliphatic carboxylic acids is 1. The number of benzene rings is 1. The fraction of sp³-hybridized carbons (Fsp3) is 0.471. The molecule has 0 saturated heterocycles. The number of hydrogen-bond acceptors (Lipinski definition) is 2. The Hall–Kier alpha value is -1.81. The van der Waals surface area contributed by atoms with Crippen molar-refractivity contribution >= 4 is 16.9 Å². The molecule has 1 aliphatic rings. The average molecular weight is 287 g/mol. The predicted octanol–water partition coefficient (Wildman–Crippen LogP) is 3.45. The Morgan fingerprint density at radius 2 is 2.19 bits per heavy atom. The maximum Gasteiger partial charge on any atom is 0.306 e. The van der Waals surface area contributed by atoms with Crippen molar-refractivity contribution in [3.05, 3.63) is 35.5 Å². The van der Waals surface area contributed by atoms with Crippen molar-refractivity contribution in [2.45, 2.75) is 45.3 Å². The van der Waals surface area contributed by atoms with Crippen LogP contribution in [-0.2, 0) is 21.7 Å². The molecular weight excluding hydrogens is 266 g/mol. The minimum atomic E-state index is -0.804. The Morgan fingerprint density at radius 1 is 1.43 bits per heavy atom. The fourth-order valence-corrected chi connectivity index (χ4v) is 3.76. The molecule has 1 unspecified atom stereocenters. The molecular formula is C17H21NO3. The summed E-state index contributed by atoms with van der Waals surface area (Å²) in [6.45, 7) is 5.51. The molecule has 4 heteroatoms. The van der Waals surface area contributed by atoms with Gasteiger partial charge < -0.3 is 14.4 Å². The highest BCUT2D eigenvalue weighted by Gasteiger charge is 2.42. The normalized spacial score (nSPS) is 21.4. The lowest BCUT2D eigenvalue weighted by Crippen LogP contribution is -2.40. The van der Waals surface area contributed by atoms with Crippen LogP contribution in [0.3, 0.4) is 0 Å². The minimum Gasteiger partial charge on any atom is -0.481 e. The first-order valence-electron chi connectivity index (χ1n) is 7.53. The molecule has 0 radical (unpaired) electrons. The lowest BCUT2D eigenvalue weighted by atomic mass is 9.86. The monoisotopic (exact) mass is 287 g/mol. The van der Waals surface area contributed by atoms with Crippen molar-refractivity contribution < 1.29 is 14.6 Å². The van der Waals surface area contributed by atoms with E-state index in [2.05, 4.69) is 30.5 Å². The number of ether oxygens (including phenoxy) is 1. The minimum absolute atomic E-state index is 0.0258. The van der Waals surface area contributed by atoms with Crippen LogP contribution in [0.5, 0.6) is 0 Å². The van der Waals surface area contributed by atoms with Crippen molar-refractivity contribution in [2.24, 2.45) is 0 Å². The van der Waals surface area contributed by atoms with Crippen LogP contribution >= 0.6 is 0 Å². The number of para-hydroxylation sites is 1. The third kappa shape index (κ3) is 2.14. The Balaban J connectivity index is 2.26. The molecule has 0 amide bonds. The molecule has 0 aliphatic carbocycles. The highest BCUT2D eigenvalue weighted by atomic mass is 16.5. The molecule has 4 nitrogen and oxygen atoms in total. The topological polar surface area (TPSA) is 51.5 Å². The first-order valence-corrected chi connectivity index (χ1v) is 7.53. The zero-order chi connectivity index (χ0) is 15.0. The Bertz CT molecular complexity index is 689. The number of hydrogen-bond donors (Lipinski definition) is 1. The van der Waals surface area contributed by atoms with Crippen LogP contribution in [0.4, 0.5) is 0 Å². The summed E-state index contributed by atoms with van der Waals surface area (Å²) in [4.78, 5) is 11.4. The smallest absolute Gasteiger partial charge is 0.306 e. The molecule has 21 heavy (non-hydrogen) atoms. The number of carboxylic acids is 1. The first kappa shape index (κ1) is 14.1. The second-order valence-corrected chi connectivity index (χ2v) is 5.81. The van der Waals surface area contributed by atoms with E-state index in [1.807, 2.05) is 12.1 Å². The predicted molar refractivity (Wildman–Crippen MR) is 81.5 cm³/mol. The quantitative estimate of drug-likeness (QED) is 0.937. The molecule has 112 valence electrons. The van der Waals surface area contributed by atoms with Crippen LogP contribution in [0.25, 0.3) is 10.9 Å². The molecule has 1 aliphatic heterocycles. The van der Waals surface area contributed by atoms with E-state index in [-0.39, 0.29) is 6.42 Å². The van der Waals surface area contributed by atoms with Gasteiger partial charge in [0.25, 0.3) is 0 Å². The zero-order valence-electron chi connectivity index (χ0n) is 12.6. The van der Waals surface area contributed by atoms with Gasteiger partial charge in [-0.05, 0) is 25.0 Å². The summed E-state index contributed by atoms with van der Waals surface area (Å²) in [5, 5.41) is 10.6. The molecule has 0 saturated carbocycles. The molecule has 1 aromatic carbocycles. The van der Waals surface area contributed by atoms with Crippen LogP contribution in [0, 0.1) is 6.92 Å². The van der Waals surface area contributed by atoms with Gasteiger partial charge in [0, 0.05) is 17.4 Å². The average Bonchev–Trinajstić information content (AvgIpc) is 2.74. The maximum atomic E-state index is 11.4. The van der Waals surface area contributed by atoms with Crippen LogP contribution in [0.1, 0.15) is 37.4 Å². The number of aryl methyl sites for hydroxylation is 1. The Morgan fingerprint density at radius 3 is 2.90 bits per heavy atom. The standard InChI is InChI=1S/C17H21NO3/c1-3-8-17(11-15(19)20)16-12(2)13-6-4-5-7-14(13)18(16)9-10-21-17/h4-7H,3,8-11H2,1-2H3,(H,19,20). The molecule has 3 rings (SSSR count). The second kappa shape index (κ2) is 5.19. The molecule has 0 bridgehead atoms. The number of carbonyl (C=O) groups is 1. The largest absolute Gasteiger partial charge is 0.481 e. The van der Waals surface area contributed by atoms with Crippen molar-refractivity contribution in [3.8, 4) is 0 Å². The van der Waals surface area contributed by atoms with E-state index in [9.17, 15) is 9.90 Å². The summed E-state index contributed by atoms with van der Waals surface area (Å²) < 4.78 is 8.31. The van der Waals surface area contributed by atoms with E-state index >= 15 is 0 Å². The summed E-state index contributed by atoms with van der Waals surface area (Å²) in [5.74, 6) is -0.804. The molecule has 0 spiro atoms. The molecule has 1 atom stereocenters. The van der Waals surface area contributed by atoms with Crippen LogP contribution in [0.2, 0.25) is 0 Å². The van der Waals surface area contributed by atoms with E-state index in [1.54, 1.807) is 0 Å². The maximum absolute atomic E-state index is 11.4. The number of aromatic nitrogens is 1. The molecule has 0 fully saturated rings. The highest BCUT2D eigenvalue weighted by Crippen LogP contribution is 2.43. The Labute approximate surface area is 124 Å². The van der Waals surface area contributed by atoms with Gasteiger partial charge >= 0.3 is 5.97 Å². The third-order valence-electron chi connectivity index (χ3n) is 4.44. The second-order valence-electron chi connectivity index (χ2n) is 5.81. The van der Waals surface area contributed by atoms with Gasteiger partial charge in [-0.2, -0.15) is 0 Å². The van der Waals surface area contributed by atoms with Crippen molar-refractivity contribution in [3.63, 3.8) is 0 Å². The van der Waals surface area contributed by atoms with Gasteiger partial charge in [0.05, 0.1) is 18.7 Å². The third-order valence-corrected chi connectivity index (χ3v) is 4.44. The molecule has 2 heterocycles. The van der Waals surface area contributed by atoms with Gasteiger partial charge in [-0.3, -0.25) is 4.79 Å². The number of carboxylic acid groups (broad SMARTS) is 1. The highest BCUT2D eigenvalue weighted by molar-refractivity contribution is 5.86. The van der Waals surface area contributed by atoms with Crippen molar-refractivity contribution in [1.82, 2.24) is 4.57 Å². The van der Waals surface area contributed by atoms with Crippen LogP contribution in [-0.4, -0.2) is 22.2 Å². The van der Waals surface area contributed by atoms with E-state index in [4.69, 9.17) is 4.74 Å². The van der Waals surface area contributed by atoms with Crippen molar-refractivity contribution in [1.29, 1.82) is 0 Å². The Kier molecular flexibility index (Phi) is 3.49. The van der Waals surface area contributed by atoms with E-state index in [0.717, 1.165) is 30.6 Å². The zero-order valence-corrected chi connectivity index (χ0v) is 12.6. The fourth-order valence-electron chi connectivity index (χ4n) is 3.76. The summed E-state index contributed by atoms with van der Waals surface area (Å²) in [6, 6.07) is 8.27. The van der Waals surface area contributed by atoms with E-state index in [1.165, 1.54) is 10.9 Å². The summed E-state index contributed by atoms with van der Waals surface area (Å²) in [7, 11) is 0. The van der Waals surface area contributed by atoms with Gasteiger partial charge in [-0.25, -0.2) is 0 Å². The lowest BCUT2D eigenvalue weighted by molar-refractivity contribution is -0.151. The van der Waals surface area contributed by atoms with Gasteiger partial charge in [0.1, 0.15) is 5.60 Å². The number of nitrogens with zero attached hydrogens (tertiary/aromatic N) is 1. The van der Waals surface area contributed by atoms with Crippen LogP contribution in [0.15, 0.2) is 24.3 Å². The molecule has 1 aromatic heterocycles. The van der Waals surface area contributed by atoms with Crippen LogP contribution < -0.4 is 0 Å². The first-order chi connectivity index (χ1) is 10.1. The van der Waals surface area contributed by atoms with Gasteiger partial charge in [0.2, 0.25) is 0 Å². The molecule has 2 aromatic rings. The van der Waals surface area contributed by atoms with Gasteiger partial charge in [0.15, 0.2) is 0 Å². The number of rotatable bonds is 4. The molecule has 1 N–H and O–H groups in total. The van der Waals surface area contributed by atoms with Gasteiger partial charge in [-0.1, -0.05) is 31.5 Å². The summed E-state index contributed by atoms with van der Waals surface area (Å²) in [5.41, 5.74) is 2.69. The summed E-state index contributed by atoms with van der Waals surface area (Å²) in [6.07, 6.45) is 1.66. The lowest BCUT2D eigenvalue weighted by Gasteiger charge is -2.38. The van der Waals surface area contributed by atoms with E-state index in [0.29, 0.717) is 6.61 Å². The van der Waals surface area contributed by atoms with Crippen molar-refractivity contribution in [2.75, 3.05) is 6.61 Å². The van der Waals surface area contributed by atoms with Gasteiger partial charge in [-0.15, -0.1) is 0 Å². The number of fused-ring (bicyclic) bond motifs is 3. The summed E-state index contributed by atoms with van der Waals surface area (Å²) >= 11 is 0. The van der Waals surface area contributed by atoms with E-state index < -0.39 is 11.6 Å².